The van der Waals surface area contributed by atoms with E-state index < -0.39 is 0 Å². The van der Waals surface area contributed by atoms with Gasteiger partial charge < -0.3 is 5.32 Å². The quantitative estimate of drug-likeness (QED) is 0.625. The minimum atomic E-state index is 0.641. The van der Waals surface area contributed by atoms with Gasteiger partial charge in [0, 0.05) is 10.9 Å². The van der Waals surface area contributed by atoms with Crippen molar-refractivity contribution in [2.24, 2.45) is 11.8 Å². The van der Waals surface area contributed by atoms with Gasteiger partial charge in [-0.25, -0.2) is 0 Å². The normalized spacial score (nSPS) is 24.1. The van der Waals surface area contributed by atoms with Crippen LogP contribution in [0.1, 0.15) is 63.7 Å². The highest BCUT2D eigenvalue weighted by atomic mass is 35.5. The molecule has 2 rings (SSSR count). The minimum absolute atomic E-state index is 0.641. The second-order valence-corrected chi connectivity index (χ2v) is 8.34. The molecule has 0 aromatic carbocycles. The molecule has 1 saturated carbocycles. The van der Waals surface area contributed by atoms with Crippen LogP contribution in [0.3, 0.4) is 0 Å². The maximum atomic E-state index is 6.09. The second-order valence-electron chi connectivity index (χ2n) is 6.54. The van der Waals surface area contributed by atoms with Crippen molar-refractivity contribution in [2.75, 3.05) is 6.54 Å². The van der Waals surface area contributed by atoms with Crippen molar-refractivity contribution in [2.45, 2.75) is 71.3 Å². The van der Waals surface area contributed by atoms with Crippen LogP contribution in [-0.2, 0) is 6.42 Å². The van der Waals surface area contributed by atoms with Gasteiger partial charge in [0.15, 0.2) is 0 Å². The van der Waals surface area contributed by atoms with Crippen LogP contribution >= 0.6 is 22.9 Å². The number of nitrogens with one attached hydrogen (secondary N) is 1. The summed E-state index contributed by atoms with van der Waals surface area (Å²) in [6, 6.07) is 4.88. The lowest BCUT2D eigenvalue weighted by Crippen LogP contribution is -2.40. The first-order valence-corrected chi connectivity index (χ1v) is 9.90. The lowest BCUT2D eigenvalue weighted by molar-refractivity contribution is 0.213. The second kappa shape index (κ2) is 9.17. The van der Waals surface area contributed by atoms with Crippen LogP contribution in [-0.4, -0.2) is 12.6 Å². The molecule has 1 aliphatic carbocycles. The molecule has 1 aromatic rings. The fourth-order valence-corrected chi connectivity index (χ4v) is 4.85. The van der Waals surface area contributed by atoms with Crippen molar-refractivity contribution in [3.63, 3.8) is 0 Å². The molecule has 0 aliphatic heterocycles. The number of hydrogen-bond donors (Lipinski definition) is 1. The fraction of sp³-hybridized carbons (Fsp3) is 0.778. The Hall–Kier alpha value is -0.0500. The fourth-order valence-electron chi connectivity index (χ4n) is 3.70. The van der Waals surface area contributed by atoms with Crippen molar-refractivity contribution in [1.82, 2.24) is 5.32 Å². The third-order valence-electron chi connectivity index (χ3n) is 4.86. The number of thiophene rings is 1. The lowest BCUT2D eigenvalue weighted by atomic mass is 9.76. The minimum Gasteiger partial charge on any atom is -0.313 e. The predicted molar refractivity (Wildman–Crippen MR) is 95.5 cm³/mol. The Morgan fingerprint density at radius 2 is 1.95 bits per heavy atom. The molecule has 0 bridgehead atoms. The van der Waals surface area contributed by atoms with E-state index in [9.17, 15) is 0 Å². The van der Waals surface area contributed by atoms with Crippen LogP contribution in [0, 0.1) is 11.8 Å². The highest BCUT2D eigenvalue weighted by molar-refractivity contribution is 7.16. The molecule has 1 fully saturated rings. The third kappa shape index (κ3) is 5.58. The first-order valence-electron chi connectivity index (χ1n) is 8.70. The summed E-state index contributed by atoms with van der Waals surface area (Å²) >= 11 is 7.83. The van der Waals surface area contributed by atoms with E-state index in [1.54, 1.807) is 11.3 Å². The smallest absolute Gasteiger partial charge is 0.0931 e. The third-order valence-corrected chi connectivity index (χ3v) is 6.12. The maximum absolute atomic E-state index is 6.09. The van der Waals surface area contributed by atoms with E-state index >= 15 is 0 Å². The molecule has 1 heterocycles. The summed E-state index contributed by atoms with van der Waals surface area (Å²) in [5.41, 5.74) is 0. The average Bonchev–Trinajstić information content (AvgIpc) is 2.90. The Bertz CT molecular complexity index is 396. The van der Waals surface area contributed by atoms with Gasteiger partial charge in [0.1, 0.15) is 0 Å². The Morgan fingerprint density at radius 3 is 2.52 bits per heavy atom. The summed E-state index contributed by atoms with van der Waals surface area (Å²) in [5.74, 6) is 1.85. The zero-order valence-corrected chi connectivity index (χ0v) is 15.1. The largest absolute Gasteiger partial charge is 0.313 e. The summed E-state index contributed by atoms with van der Waals surface area (Å²) < 4.78 is 0.922. The highest BCUT2D eigenvalue weighted by Gasteiger charge is 2.27. The van der Waals surface area contributed by atoms with Crippen molar-refractivity contribution in [3.8, 4) is 0 Å². The summed E-state index contributed by atoms with van der Waals surface area (Å²) in [4.78, 5) is 1.43. The molecule has 21 heavy (non-hydrogen) atoms. The molecule has 120 valence electrons. The van der Waals surface area contributed by atoms with Crippen molar-refractivity contribution in [3.05, 3.63) is 21.3 Å². The van der Waals surface area contributed by atoms with Crippen LogP contribution < -0.4 is 5.32 Å². The molecule has 1 atom stereocenters. The standard InChI is InChI=1S/C18H30ClNS/c1-3-5-14-6-8-15(9-7-14)17(20-12-4-2)13-16-10-11-18(19)21-16/h10-11,14-15,17,20H,3-9,12-13H2,1-2H3. The van der Waals surface area contributed by atoms with E-state index in [1.165, 1.54) is 49.8 Å². The van der Waals surface area contributed by atoms with E-state index in [-0.39, 0.29) is 0 Å². The SMILES string of the molecule is CCCNC(Cc1ccc(Cl)s1)C1CCC(CCC)CC1. The predicted octanol–water partition coefficient (Wildman–Crippen LogP) is 5.92. The average molecular weight is 328 g/mol. The molecule has 0 saturated heterocycles. The number of rotatable bonds is 8. The van der Waals surface area contributed by atoms with E-state index in [0.717, 1.165) is 29.1 Å². The molecular weight excluding hydrogens is 298 g/mol. The van der Waals surface area contributed by atoms with E-state index in [2.05, 4.69) is 25.2 Å². The molecule has 1 nitrogen and oxygen atoms in total. The van der Waals surface area contributed by atoms with Crippen molar-refractivity contribution in [1.29, 1.82) is 0 Å². The Morgan fingerprint density at radius 1 is 1.19 bits per heavy atom. The van der Waals surface area contributed by atoms with Gasteiger partial charge in [0.25, 0.3) is 0 Å². The number of hydrogen-bond acceptors (Lipinski definition) is 2. The van der Waals surface area contributed by atoms with Crippen LogP contribution in [0.2, 0.25) is 4.34 Å². The summed E-state index contributed by atoms with van der Waals surface area (Å²) in [6.45, 7) is 5.71. The van der Waals surface area contributed by atoms with Gasteiger partial charge >= 0.3 is 0 Å². The highest BCUT2D eigenvalue weighted by Crippen LogP contribution is 2.35. The van der Waals surface area contributed by atoms with E-state index in [1.807, 2.05) is 6.07 Å². The molecule has 0 spiro atoms. The van der Waals surface area contributed by atoms with Gasteiger partial charge in [-0.1, -0.05) is 51.1 Å². The first-order chi connectivity index (χ1) is 10.2. The molecule has 3 heteroatoms. The van der Waals surface area contributed by atoms with E-state index in [0.29, 0.717) is 6.04 Å². The molecule has 1 aromatic heterocycles. The Labute approximate surface area is 139 Å². The van der Waals surface area contributed by atoms with Crippen LogP contribution in [0.25, 0.3) is 0 Å². The molecule has 0 amide bonds. The molecule has 0 radical (unpaired) electrons. The topological polar surface area (TPSA) is 12.0 Å². The van der Waals surface area contributed by atoms with Crippen molar-refractivity contribution >= 4 is 22.9 Å². The number of halogens is 1. The molecule has 1 aliphatic rings. The monoisotopic (exact) mass is 327 g/mol. The van der Waals surface area contributed by atoms with Gasteiger partial charge in [0.05, 0.1) is 4.34 Å². The Balaban J connectivity index is 1.90. The van der Waals surface area contributed by atoms with Gasteiger partial charge in [-0.3, -0.25) is 0 Å². The zero-order valence-electron chi connectivity index (χ0n) is 13.5. The van der Waals surface area contributed by atoms with Gasteiger partial charge in [-0.15, -0.1) is 11.3 Å². The van der Waals surface area contributed by atoms with Crippen LogP contribution in [0.5, 0.6) is 0 Å². The van der Waals surface area contributed by atoms with Crippen molar-refractivity contribution < 1.29 is 0 Å². The summed E-state index contributed by atoms with van der Waals surface area (Å²) in [5, 5.41) is 3.81. The van der Waals surface area contributed by atoms with Gasteiger partial charge in [0.2, 0.25) is 0 Å². The molecular formula is C18H30ClNS. The lowest BCUT2D eigenvalue weighted by Gasteiger charge is -2.34. The molecule has 1 N–H and O–H groups in total. The van der Waals surface area contributed by atoms with Crippen LogP contribution in [0.4, 0.5) is 0 Å². The molecule has 1 unspecified atom stereocenters. The first kappa shape index (κ1) is 17.3. The summed E-state index contributed by atoms with van der Waals surface area (Å²) in [6.07, 6.45) is 10.8. The summed E-state index contributed by atoms with van der Waals surface area (Å²) in [7, 11) is 0. The van der Waals surface area contributed by atoms with E-state index in [4.69, 9.17) is 11.6 Å². The van der Waals surface area contributed by atoms with Gasteiger partial charge in [-0.05, 0) is 56.2 Å². The zero-order chi connectivity index (χ0) is 15.1. The Kier molecular flexibility index (Phi) is 7.56. The van der Waals surface area contributed by atoms with Gasteiger partial charge in [-0.2, -0.15) is 0 Å². The van der Waals surface area contributed by atoms with Crippen LogP contribution in [0.15, 0.2) is 12.1 Å². The maximum Gasteiger partial charge on any atom is 0.0931 e.